The van der Waals surface area contributed by atoms with Gasteiger partial charge in [0, 0.05) is 24.1 Å². The van der Waals surface area contributed by atoms with Crippen molar-refractivity contribution >= 4 is 23.4 Å². The molecule has 0 radical (unpaired) electrons. The summed E-state index contributed by atoms with van der Waals surface area (Å²) in [5, 5.41) is 2.80. The number of amides is 3. The normalized spacial score (nSPS) is 10.2. The lowest BCUT2D eigenvalue weighted by Gasteiger charge is -2.11. The van der Waals surface area contributed by atoms with Crippen molar-refractivity contribution in [1.29, 1.82) is 0 Å². The Balaban J connectivity index is 1.34. The van der Waals surface area contributed by atoms with E-state index in [1.165, 1.54) is 0 Å². The first-order chi connectivity index (χ1) is 16.9. The van der Waals surface area contributed by atoms with Crippen LogP contribution in [-0.2, 0) is 9.59 Å². The molecule has 3 aromatic carbocycles. The Kier molecular flexibility index (Phi) is 9.24. The molecular formula is C27H29N3O5. The standard InChI is InChI=1S/C27H29N3O5/c1-19-8-9-20(2)24(18-19)28-25(31)14-15-26(32)29-30-27(33)21-10-12-23(13-11-21)35-17-16-34-22-6-4-3-5-7-22/h3-13,18H,14-17H2,1-2H3,(H,28,31)(H,29,32)(H,30,33). The number of aryl methyl sites for hydroxylation is 2. The first kappa shape index (κ1) is 25.3. The van der Waals surface area contributed by atoms with Crippen LogP contribution >= 0.6 is 0 Å². The van der Waals surface area contributed by atoms with Gasteiger partial charge >= 0.3 is 0 Å². The summed E-state index contributed by atoms with van der Waals surface area (Å²) < 4.78 is 11.2. The van der Waals surface area contributed by atoms with Crippen molar-refractivity contribution in [2.75, 3.05) is 18.5 Å². The largest absolute Gasteiger partial charge is 0.490 e. The maximum atomic E-state index is 12.3. The van der Waals surface area contributed by atoms with E-state index >= 15 is 0 Å². The molecule has 182 valence electrons. The molecule has 0 aliphatic rings. The Morgan fingerprint density at radius 2 is 1.34 bits per heavy atom. The van der Waals surface area contributed by atoms with Crippen molar-refractivity contribution in [3.05, 3.63) is 89.5 Å². The van der Waals surface area contributed by atoms with Crippen LogP contribution in [0.25, 0.3) is 0 Å². The molecule has 0 aliphatic carbocycles. The van der Waals surface area contributed by atoms with Gasteiger partial charge in [0.15, 0.2) is 0 Å². The fourth-order valence-electron chi connectivity index (χ4n) is 3.11. The number of carbonyl (C=O) groups excluding carboxylic acids is 3. The zero-order valence-corrected chi connectivity index (χ0v) is 19.8. The van der Waals surface area contributed by atoms with Crippen molar-refractivity contribution in [1.82, 2.24) is 10.9 Å². The lowest BCUT2D eigenvalue weighted by atomic mass is 10.1. The summed E-state index contributed by atoms with van der Waals surface area (Å²) in [6.45, 7) is 4.58. The van der Waals surface area contributed by atoms with Crippen LogP contribution in [0.15, 0.2) is 72.8 Å². The summed E-state index contributed by atoms with van der Waals surface area (Å²) in [5.74, 6) is 0.152. The molecule has 3 amide bonds. The maximum absolute atomic E-state index is 12.3. The van der Waals surface area contributed by atoms with Gasteiger partial charge in [-0.2, -0.15) is 0 Å². The molecule has 0 heterocycles. The van der Waals surface area contributed by atoms with Crippen molar-refractivity contribution in [3.63, 3.8) is 0 Å². The van der Waals surface area contributed by atoms with Crippen LogP contribution in [0.4, 0.5) is 5.69 Å². The van der Waals surface area contributed by atoms with E-state index in [1.54, 1.807) is 24.3 Å². The molecule has 3 aromatic rings. The smallest absolute Gasteiger partial charge is 0.269 e. The van der Waals surface area contributed by atoms with Gasteiger partial charge < -0.3 is 14.8 Å². The van der Waals surface area contributed by atoms with Gasteiger partial charge in [-0.1, -0.05) is 30.3 Å². The van der Waals surface area contributed by atoms with Crippen LogP contribution in [-0.4, -0.2) is 30.9 Å². The van der Waals surface area contributed by atoms with Gasteiger partial charge in [0.25, 0.3) is 5.91 Å². The highest BCUT2D eigenvalue weighted by Crippen LogP contribution is 2.17. The van der Waals surface area contributed by atoms with E-state index < -0.39 is 11.8 Å². The predicted octanol–water partition coefficient (Wildman–Crippen LogP) is 3.94. The number of anilines is 1. The molecule has 35 heavy (non-hydrogen) atoms. The maximum Gasteiger partial charge on any atom is 0.269 e. The summed E-state index contributed by atoms with van der Waals surface area (Å²) in [5.41, 5.74) is 7.72. The average molecular weight is 476 g/mol. The molecule has 0 spiro atoms. The van der Waals surface area contributed by atoms with E-state index in [0.717, 1.165) is 22.6 Å². The van der Waals surface area contributed by atoms with Crippen molar-refractivity contribution < 1.29 is 23.9 Å². The zero-order chi connectivity index (χ0) is 25.0. The van der Waals surface area contributed by atoms with Gasteiger partial charge in [-0.3, -0.25) is 25.2 Å². The fourth-order valence-corrected chi connectivity index (χ4v) is 3.11. The molecule has 0 fully saturated rings. The molecule has 3 N–H and O–H groups in total. The highest BCUT2D eigenvalue weighted by Gasteiger charge is 2.11. The number of hydrazine groups is 1. The highest BCUT2D eigenvalue weighted by molar-refractivity contribution is 5.96. The average Bonchev–Trinajstić information content (AvgIpc) is 2.87. The summed E-state index contributed by atoms with van der Waals surface area (Å²) in [6.07, 6.45) is -0.0656. The van der Waals surface area contributed by atoms with E-state index in [1.807, 2.05) is 62.4 Å². The molecule has 0 aliphatic heterocycles. The SMILES string of the molecule is Cc1ccc(C)c(NC(=O)CCC(=O)NNC(=O)c2ccc(OCCOc3ccccc3)cc2)c1. The Morgan fingerprint density at radius 3 is 2.03 bits per heavy atom. The summed E-state index contributed by atoms with van der Waals surface area (Å²) in [4.78, 5) is 36.4. The molecule has 8 nitrogen and oxygen atoms in total. The Hall–Kier alpha value is -4.33. The number of hydrogen-bond acceptors (Lipinski definition) is 5. The number of nitrogens with one attached hydrogen (secondary N) is 3. The number of rotatable bonds is 10. The molecule has 0 atom stereocenters. The molecule has 8 heteroatoms. The van der Waals surface area contributed by atoms with Crippen LogP contribution in [0, 0.1) is 13.8 Å². The van der Waals surface area contributed by atoms with Gasteiger partial charge in [-0.25, -0.2) is 0 Å². The third-order valence-electron chi connectivity index (χ3n) is 5.04. The number of ether oxygens (including phenoxy) is 2. The first-order valence-electron chi connectivity index (χ1n) is 11.3. The van der Waals surface area contributed by atoms with Crippen molar-refractivity contribution in [3.8, 4) is 11.5 Å². The number of benzene rings is 3. The fraction of sp³-hybridized carbons (Fsp3) is 0.222. The Labute approximate surface area is 204 Å². The molecular weight excluding hydrogens is 446 g/mol. The minimum absolute atomic E-state index is 0.00485. The monoisotopic (exact) mass is 475 g/mol. The number of para-hydroxylation sites is 1. The van der Waals surface area contributed by atoms with E-state index in [4.69, 9.17) is 9.47 Å². The van der Waals surface area contributed by atoms with Gasteiger partial charge in [-0.15, -0.1) is 0 Å². The number of carbonyl (C=O) groups is 3. The lowest BCUT2D eigenvalue weighted by Crippen LogP contribution is -2.41. The summed E-state index contributed by atoms with van der Waals surface area (Å²) >= 11 is 0. The van der Waals surface area contributed by atoms with Crippen LogP contribution in [0.1, 0.15) is 34.3 Å². The van der Waals surface area contributed by atoms with E-state index in [0.29, 0.717) is 24.5 Å². The predicted molar refractivity (Wildman–Crippen MR) is 133 cm³/mol. The second-order valence-electron chi connectivity index (χ2n) is 7.90. The van der Waals surface area contributed by atoms with E-state index in [-0.39, 0.29) is 18.7 Å². The second kappa shape index (κ2) is 12.8. The van der Waals surface area contributed by atoms with Crippen molar-refractivity contribution in [2.45, 2.75) is 26.7 Å². The molecule has 0 aromatic heterocycles. The summed E-state index contributed by atoms with van der Waals surface area (Å²) in [6, 6.07) is 21.7. The molecule has 0 saturated carbocycles. The quantitative estimate of drug-likeness (QED) is 0.304. The molecule has 0 saturated heterocycles. The Morgan fingerprint density at radius 1 is 0.714 bits per heavy atom. The third-order valence-corrected chi connectivity index (χ3v) is 5.04. The van der Waals surface area contributed by atoms with Gasteiger partial charge in [0.05, 0.1) is 0 Å². The van der Waals surface area contributed by atoms with Crippen LogP contribution in [0.3, 0.4) is 0 Å². The van der Waals surface area contributed by atoms with Crippen LogP contribution in [0.2, 0.25) is 0 Å². The van der Waals surface area contributed by atoms with E-state index in [9.17, 15) is 14.4 Å². The lowest BCUT2D eigenvalue weighted by molar-refractivity contribution is -0.124. The summed E-state index contributed by atoms with van der Waals surface area (Å²) in [7, 11) is 0. The third kappa shape index (κ3) is 8.51. The topological polar surface area (TPSA) is 106 Å². The molecule has 0 bridgehead atoms. The first-order valence-corrected chi connectivity index (χ1v) is 11.3. The highest BCUT2D eigenvalue weighted by atomic mass is 16.5. The van der Waals surface area contributed by atoms with Gasteiger partial charge in [0.1, 0.15) is 24.7 Å². The minimum Gasteiger partial charge on any atom is -0.490 e. The van der Waals surface area contributed by atoms with Gasteiger partial charge in [0.2, 0.25) is 11.8 Å². The minimum atomic E-state index is -0.475. The van der Waals surface area contributed by atoms with E-state index in [2.05, 4.69) is 16.2 Å². The molecule has 3 rings (SSSR count). The number of hydrogen-bond donors (Lipinski definition) is 3. The van der Waals surface area contributed by atoms with Crippen LogP contribution < -0.4 is 25.6 Å². The Bertz CT molecular complexity index is 1150. The van der Waals surface area contributed by atoms with Gasteiger partial charge in [-0.05, 0) is 67.4 Å². The zero-order valence-electron chi connectivity index (χ0n) is 19.8. The van der Waals surface area contributed by atoms with Crippen LogP contribution in [0.5, 0.6) is 11.5 Å². The molecule has 0 unspecified atom stereocenters. The second-order valence-corrected chi connectivity index (χ2v) is 7.90. The van der Waals surface area contributed by atoms with Crippen molar-refractivity contribution in [2.24, 2.45) is 0 Å².